The van der Waals surface area contributed by atoms with E-state index in [2.05, 4.69) is 74.4 Å². The Morgan fingerprint density at radius 2 is 1.71 bits per heavy atom. The van der Waals surface area contributed by atoms with Gasteiger partial charge in [0.05, 0.1) is 0 Å². The fourth-order valence-corrected chi connectivity index (χ4v) is 3.14. The van der Waals surface area contributed by atoms with Crippen molar-refractivity contribution in [3.8, 4) is 0 Å². The van der Waals surface area contributed by atoms with Crippen LogP contribution in [0.5, 0.6) is 0 Å². The van der Waals surface area contributed by atoms with Crippen LogP contribution in [-0.2, 0) is 6.42 Å². The molecule has 0 saturated heterocycles. The predicted molar refractivity (Wildman–Crippen MR) is 98.0 cm³/mol. The molecule has 0 amide bonds. The van der Waals surface area contributed by atoms with Crippen molar-refractivity contribution in [3.05, 3.63) is 67.6 Å². The van der Waals surface area contributed by atoms with E-state index in [1.165, 1.54) is 5.56 Å². The van der Waals surface area contributed by atoms with Crippen molar-refractivity contribution in [3.63, 3.8) is 0 Å². The van der Waals surface area contributed by atoms with E-state index in [0.717, 1.165) is 38.9 Å². The van der Waals surface area contributed by atoms with Gasteiger partial charge in [0.25, 0.3) is 0 Å². The van der Waals surface area contributed by atoms with Crippen molar-refractivity contribution in [1.29, 1.82) is 0 Å². The summed E-state index contributed by atoms with van der Waals surface area (Å²) in [6, 6.07) is 14.7. The zero-order valence-electron chi connectivity index (χ0n) is 11.9. The van der Waals surface area contributed by atoms with Gasteiger partial charge in [0.2, 0.25) is 0 Å². The molecule has 0 fully saturated rings. The summed E-state index contributed by atoms with van der Waals surface area (Å²) in [4.78, 5) is 0. The lowest BCUT2D eigenvalue weighted by molar-refractivity contribution is 0.529. The first-order valence-corrected chi connectivity index (χ1v) is 8.99. The van der Waals surface area contributed by atoms with E-state index >= 15 is 0 Å². The molecule has 0 spiro atoms. The molecule has 0 bridgehead atoms. The molecule has 112 valence electrons. The smallest absolute Gasteiger partial charge is 0.0454 e. The Hall–Kier alpha value is -0.350. The van der Waals surface area contributed by atoms with E-state index in [9.17, 15) is 0 Å². The topological polar surface area (TPSA) is 12.0 Å². The molecule has 0 aliphatic heterocycles. The number of hydrogen-bond acceptors (Lipinski definition) is 1. The Kier molecular flexibility index (Phi) is 6.74. The normalized spacial score (nSPS) is 12.4. The molecule has 0 radical (unpaired) electrons. The molecule has 21 heavy (non-hydrogen) atoms. The zero-order valence-corrected chi connectivity index (χ0v) is 15.8. The molecule has 1 atom stereocenters. The van der Waals surface area contributed by atoms with Crippen LogP contribution in [0.2, 0.25) is 5.02 Å². The molecule has 2 rings (SSSR count). The molecule has 0 aromatic heterocycles. The minimum absolute atomic E-state index is 0.219. The lowest BCUT2D eigenvalue weighted by Crippen LogP contribution is -2.24. The third-order valence-corrected chi connectivity index (χ3v) is 4.69. The number of rotatable bonds is 6. The maximum absolute atomic E-state index is 6.39. The summed E-state index contributed by atoms with van der Waals surface area (Å²) in [7, 11) is 0. The van der Waals surface area contributed by atoms with Gasteiger partial charge in [-0.25, -0.2) is 0 Å². The van der Waals surface area contributed by atoms with Crippen LogP contribution in [0.15, 0.2) is 51.4 Å². The number of benzene rings is 2. The molecule has 0 heterocycles. The standard InChI is InChI=1S/C17H18Br2ClN/c1-2-9-21-17(10-12-3-5-13(18)6-4-12)15-11-14(19)7-8-16(15)20/h3-8,11,17,21H,2,9-10H2,1H3. The fraction of sp³-hybridized carbons (Fsp3) is 0.294. The quantitative estimate of drug-likeness (QED) is 0.579. The van der Waals surface area contributed by atoms with Crippen LogP contribution in [0.1, 0.15) is 30.5 Å². The highest BCUT2D eigenvalue weighted by molar-refractivity contribution is 9.10. The highest BCUT2D eigenvalue weighted by Gasteiger charge is 2.15. The Bertz CT molecular complexity index is 584. The van der Waals surface area contributed by atoms with E-state index in [0.29, 0.717) is 0 Å². The third kappa shape index (κ3) is 5.10. The van der Waals surface area contributed by atoms with Crippen molar-refractivity contribution < 1.29 is 0 Å². The van der Waals surface area contributed by atoms with Crippen LogP contribution in [-0.4, -0.2) is 6.54 Å². The van der Waals surface area contributed by atoms with Crippen LogP contribution < -0.4 is 5.32 Å². The van der Waals surface area contributed by atoms with Crippen LogP contribution in [0.25, 0.3) is 0 Å². The van der Waals surface area contributed by atoms with Crippen molar-refractivity contribution in [2.75, 3.05) is 6.54 Å². The van der Waals surface area contributed by atoms with Gasteiger partial charge in [-0.2, -0.15) is 0 Å². The Morgan fingerprint density at radius 3 is 2.38 bits per heavy atom. The number of hydrogen-bond donors (Lipinski definition) is 1. The van der Waals surface area contributed by atoms with Gasteiger partial charge in [-0.15, -0.1) is 0 Å². The molecule has 2 aromatic rings. The highest BCUT2D eigenvalue weighted by Crippen LogP contribution is 2.29. The van der Waals surface area contributed by atoms with Crippen molar-refractivity contribution in [2.24, 2.45) is 0 Å². The molecule has 0 aliphatic carbocycles. The van der Waals surface area contributed by atoms with Gasteiger partial charge in [-0.3, -0.25) is 0 Å². The molecule has 2 aromatic carbocycles. The van der Waals surface area contributed by atoms with Crippen LogP contribution >= 0.6 is 43.5 Å². The maximum Gasteiger partial charge on any atom is 0.0454 e. The second kappa shape index (κ2) is 8.33. The lowest BCUT2D eigenvalue weighted by atomic mass is 9.98. The molecular weight excluding hydrogens is 413 g/mol. The first-order chi connectivity index (χ1) is 10.1. The monoisotopic (exact) mass is 429 g/mol. The molecular formula is C17H18Br2ClN. The number of nitrogens with one attached hydrogen (secondary N) is 1. The highest BCUT2D eigenvalue weighted by atomic mass is 79.9. The summed E-state index contributed by atoms with van der Waals surface area (Å²) in [6.07, 6.45) is 2.02. The van der Waals surface area contributed by atoms with E-state index in [4.69, 9.17) is 11.6 Å². The van der Waals surface area contributed by atoms with Crippen molar-refractivity contribution >= 4 is 43.5 Å². The van der Waals surface area contributed by atoms with E-state index in [1.807, 2.05) is 12.1 Å². The largest absolute Gasteiger partial charge is 0.310 e. The molecule has 1 unspecified atom stereocenters. The molecule has 1 nitrogen and oxygen atoms in total. The summed E-state index contributed by atoms with van der Waals surface area (Å²) in [5, 5.41) is 4.41. The van der Waals surface area contributed by atoms with Gasteiger partial charge in [-0.05, 0) is 60.8 Å². The Labute approximate surface area is 148 Å². The Morgan fingerprint density at radius 1 is 1.05 bits per heavy atom. The summed E-state index contributed by atoms with van der Waals surface area (Å²) in [6.45, 7) is 3.15. The van der Waals surface area contributed by atoms with E-state index in [1.54, 1.807) is 0 Å². The van der Waals surface area contributed by atoms with Gasteiger partial charge in [0.1, 0.15) is 0 Å². The van der Waals surface area contributed by atoms with Crippen LogP contribution in [0.4, 0.5) is 0 Å². The predicted octanol–water partition coefficient (Wildman–Crippen LogP) is 6.15. The summed E-state index contributed by atoms with van der Waals surface area (Å²) in [5.74, 6) is 0. The molecule has 1 N–H and O–H groups in total. The Balaban J connectivity index is 2.25. The zero-order chi connectivity index (χ0) is 15.2. The molecule has 4 heteroatoms. The molecule has 0 aliphatic rings. The minimum Gasteiger partial charge on any atom is -0.310 e. The van der Waals surface area contributed by atoms with Gasteiger partial charge < -0.3 is 5.32 Å². The van der Waals surface area contributed by atoms with Crippen LogP contribution in [0.3, 0.4) is 0 Å². The summed E-state index contributed by atoms with van der Waals surface area (Å²) >= 11 is 13.4. The first-order valence-electron chi connectivity index (χ1n) is 7.03. The van der Waals surface area contributed by atoms with Gasteiger partial charge in [0.15, 0.2) is 0 Å². The second-order valence-electron chi connectivity index (χ2n) is 5.00. The van der Waals surface area contributed by atoms with Gasteiger partial charge >= 0.3 is 0 Å². The maximum atomic E-state index is 6.39. The van der Waals surface area contributed by atoms with Gasteiger partial charge in [-0.1, -0.05) is 62.5 Å². The average Bonchev–Trinajstić information content (AvgIpc) is 2.48. The minimum atomic E-state index is 0.219. The summed E-state index contributed by atoms with van der Waals surface area (Å²) in [5.41, 5.74) is 2.44. The average molecular weight is 432 g/mol. The SMILES string of the molecule is CCCNC(Cc1ccc(Br)cc1)c1cc(Br)ccc1Cl. The lowest BCUT2D eigenvalue weighted by Gasteiger charge is -2.21. The van der Waals surface area contributed by atoms with E-state index in [-0.39, 0.29) is 6.04 Å². The second-order valence-corrected chi connectivity index (χ2v) is 7.24. The molecule has 0 saturated carbocycles. The fourth-order valence-electron chi connectivity index (χ4n) is 2.25. The van der Waals surface area contributed by atoms with Crippen molar-refractivity contribution in [1.82, 2.24) is 5.32 Å². The number of halogens is 3. The third-order valence-electron chi connectivity index (χ3n) is 3.33. The first kappa shape index (κ1) is 17.0. The van der Waals surface area contributed by atoms with Gasteiger partial charge in [0, 0.05) is 20.0 Å². The van der Waals surface area contributed by atoms with E-state index < -0.39 is 0 Å². The van der Waals surface area contributed by atoms with Crippen LogP contribution in [0, 0.1) is 0 Å². The van der Waals surface area contributed by atoms with Crippen molar-refractivity contribution in [2.45, 2.75) is 25.8 Å². The summed E-state index contributed by atoms with van der Waals surface area (Å²) < 4.78 is 2.16.